The fourth-order valence-electron chi connectivity index (χ4n) is 3.73. The lowest BCUT2D eigenvalue weighted by Gasteiger charge is -2.30. The third-order valence-electron chi connectivity index (χ3n) is 5.15. The number of benzene rings is 1. The molecule has 0 saturated carbocycles. The number of rotatable bonds is 3. The highest BCUT2D eigenvalue weighted by Gasteiger charge is 2.36. The summed E-state index contributed by atoms with van der Waals surface area (Å²) in [5, 5.41) is 3.40. The topological polar surface area (TPSA) is 35.6 Å². The number of hydrogen-bond donors (Lipinski definition) is 1. The average Bonchev–Trinajstić information content (AvgIpc) is 2.87. The first kappa shape index (κ1) is 17.4. The third-order valence-corrected chi connectivity index (χ3v) is 5.15. The van der Waals surface area contributed by atoms with Gasteiger partial charge in [-0.3, -0.25) is 4.79 Å². The van der Waals surface area contributed by atoms with Crippen molar-refractivity contribution in [2.24, 2.45) is 5.41 Å². The third kappa shape index (κ3) is 3.65. The van der Waals surface area contributed by atoms with Crippen LogP contribution in [-0.4, -0.2) is 49.6 Å². The molecule has 4 nitrogen and oxygen atoms in total. The molecule has 2 heterocycles. The number of anilines is 1. The molecule has 1 aromatic rings. The predicted molar refractivity (Wildman–Crippen MR) is 99.6 cm³/mol. The second kappa shape index (κ2) is 6.85. The Morgan fingerprint density at radius 3 is 2.62 bits per heavy atom. The zero-order valence-corrected chi connectivity index (χ0v) is 15.6. The number of piperazine rings is 1. The van der Waals surface area contributed by atoms with E-state index in [0.29, 0.717) is 0 Å². The van der Waals surface area contributed by atoms with Crippen LogP contribution in [0.25, 0.3) is 0 Å². The van der Waals surface area contributed by atoms with E-state index >= 15 is 0 Å². The number of nitrogens with one attached hydrogen (secondary N) is 1. The molecule has 2 aliphatic heterocycles. The van der Waals surface area contributed by atoms with Crippen LogP contribution in [0.2, 0.25) is 0 Å². The van der Waals surface area contributed by atoms with Crippen LogP contribution in [0.3, 0.4) is 0 Å². The van der Waals surface area contributed by atoms with Crippen molar-refractivity contribution in [1.82, 2.24) is 10.2 Å². The van der Waals surface area contributed by atoms with Crippen molar-refractivity contribution in [3.63, 3.8) is 0 Å². The van der Waals surface area contributed by atoms with Gasteiger partial charge in [0.15, 0.2) is 0 Å². The van der Waals surface area contributed by atoms with E-state index in [1.54, 1.807) is 0 Å². The normalized spacial score (nSPS) is 21.8. The zero-order valence-electron chi connectivity index (χ0n) is 15.6. The molecule has 4 heteroatoms. The molecule has 0 spiro atoms. The van der Waals surface area contributed by atoms with Crippen LogP contribution >= 0.6 is 0 Å². The number of nitrogens with zero attached hydrogens (tertiary/aromatic N) is 2. The molecule has 2 aliphatic rings. The van der Waals surface area contributed by atoms with E-state index in [1.165, 1.54) is 11.1 Å². The van der Waals surface area contributed by atoms with Gasteiger partial charge in [0.05, 0.1) is 0 Å². The lowest BCUT2D eigenvalue weighted by molar-refractivity contribution is -0.126. The smallest absolute Gasteiger partial charge is 0.232 e. The Labute approximate surface area is 146 Å². The van der Waals surface area contributed by atoms with Gasteiger partial charge in [0, 0.05) is 49.9 Å². The molecule has 1 amide bonds. The van der Waals surface area contributed by atoms with Gasteiger partial charge in [-0.25, -0.2) is 0 Å². The van der Waals surface area contributed by atoms with E-state index in [-0.39, 0.29) is 17.4 Å². The predicted octanol–water partition coefficient (Wildman–Crippen LogP) is 2.46. The number of fused-ring (bicyclic) bond motifs is 1. The molecule has 1 unspecified atom stereocenters. The van der Waals surface area contributed by atoms with Crippen molar-refractivity contribution in [2.75, 3.05) is 37.6 Å². The summed E-state index contributed by atoms with van der Waals surface area (Å²) in [5.41, 5.74) is 3.51. The Morgan fingerprint density at radius 1 is 1.25 bits per heavy atom. The number of amides is 1. The lowest BCUT2D eigenvalue weighted by atomic mass is 9.94. The second-order valence-electron chi connectivity index (χ2n) is 8.28. The summed E-state index contributed by atoms with van der Waals surface area (Å²) < 4.78 is 0. The van der Waals surface area contributed by atoms with E-state index in [0.717, 1.165) is 51.3 Å². The first-order valence-electron chi connectivity index (χ1n) is 9.25. The fraction of sp³-hybridized carbons (Fsp3) is 0.650. The number of carbonyl (C=O) groups excluding carboxylic acids is 1. The Morgan fingerprint density at radius 2 is 1.96 bits per heavy atom. The molecule has 0 radical (unpaired) electrons. The summed E-state index contributed by atoms with van der Waals surface area (Å²) >= 11 is 0. The molecule has 1 atom stereocenters. The van der Waals surface area contributed by atoms with Gasteiger partial charge in [-0.05, 0) is 37.0 Å². The van der Waals surface area contributed by atoms with Crippen LogP contribution in [0.5, 0.6) is 0 Å². The van der Waals surface area contributed by atoms with E-state index in [9.17, 15) is 4.79 Å². The molecule has 3 rings (SSSR count). The molecule has 24 heavy (non-hydrogen) atoms. The highest BCUT2D eigenvalue weighted by Crippen LogP contribution is 2.36. The van der Waals surface area contributed by atoms with Crippen molar-refractivity contribution in [1.29, 1.82) is 0 Å². The van der Waals surface area contributed by atoms with Crippen molar-refractivity contribution in [2.45, 2.75) is 46.6 Å². The second-order valence-corrected chi connectivity index (χ2v) is 8.28. The van der Waals surface area contributed by atoms with E-state index in [1.807, 2.05) is 25.7 Å². The van der Waals surface area contributed by atoms with Gasteiger partial charge in [-0.2, -0.15) is 0 Å². The first-order valence-corrected chi connectivity index (χ1v) is 9.25. The minimum absolute atomic E-state index is 0.224. The monoisotopic (exact) mass is 329 g/mol. The van der Waals surface area contributed by atoms with Crippen LogP contribution < -0.4 is 10.2 Å². The van der Waals surface area contributed by atoms with Crippen molar-refractivity contribution < 1.29 is 4.79 Å². The van der Waals surface area contributed by atoms with E-state index in [4.69, 9.17) is 0 Å². The summed E-state index contributed by atoms with van der Waals surface area (Å²) in [6.07, 6.45) is 2.06. The van der Waals surface area contributed by atoms with Crippen LogP contribution in [-0.2, 0) is 17.6 Å². The van der Waals surface area contributed by atoms with Crippen LogP contribution in [0.4, 0.5) is 5.69 Å². The molecular formula is C20H31N3O. The molecular weight excluding hydrogens is 298 g/mol. The molecule has 0 aliphatic carbocycles. The van der Waals surface area contributed by atoms with E-state index in [2.05, 4.69) is 35.3 Å². The van der Waals surface area contributed by atoms with Gasteiger partial charge in [0.25, 0.3) is 0 Å². The summed E-state index contributed by atoms with van der Waals surface area (Å²) in [5.74, 6) is 0.224. The van der Waals surface area contributed by atoms with Crippen LogP contribution in [0.1, 0.15) is 38.8 Å². The highest BCUT2D eigenvalue weighted by molar-refractivity contribution is 5.99. The van der Waals surface area contributed by atoms with Crippen molar-refractivity contribution in [3.05, 3.63) is 29.3 Å². The van der Waals surface area contributed by atoms with Gasteiger partial charge >= 0.3 is 0 Å². The van der Waals surface area contributed by atoms with E-state index < -0.39 is 0 Å². The Hall–Kier alpha value is -1.39. The number of carbonyl (C=O) groups is 1. The first-order chi connectivity index (χ1) is 11.4. The maximum absolute atomic E-state index is 12.8. The summed E-state index contributed by atoms with van der Waals surface area (Å²) in [6.45, 7) is 13.8. The zero-order chi connectivity index (χ0) is 17.3. The van der Waals surface area contributed by atoms with Crippen LogP contribution in [0, 0.1) is 5.41 Å². The summed E-state index contributed by atoms with van der Waals surface area (Å²) in [7, 11) is 0. The van der Waals surface area contributed by atoms with Gasteiger partial charge < -0.3 is 15.1 Å². The van der Waals surface area contributed by atoms with Gasteiger partial charge in [-0.1, -0.05) is 32.9 Å². The van der Waals surface area contributed by atoms with Gasteiger partial charge in [-0.15, -0.1) is 0 Å². The fourth-order valence-corrected chi connectivity index (χ4v) is 3.73. The Balaban J connectivity index is 1.70. The van der Waals surface area contributed by atoms with Gasteiger partial charge in [0.1, 0.15) is 0 Å². The number of hydrogen-bond acceptors (Lipinski definition) is 3. The largest absolute Gasteiger partial charge is 0.314 e. The maximum Gasteiger partial charge on any atom is 0.232 e. The quantitative estimate of drug-likeness (QED) is 0.925. The van der Waals surface area contributed by atoms with Crippen molar-refractivity contribution >= 4 is 11.6 Å². The van der Waals surface area contributed by atoms with Crippen molar-refractivity contribution in [3.8, 4) is 0 Å². The SMILES string of the molecule is CC1Cc2cc(CCN3CCNCC3)ccc2N1C(=O)C(C)(C)C. The molecule has 0 aromatic heterocycles. The summed E-state index contributed by atoms with van der Waals surface area (Å²) in [6, 6.07) is 6.96. The molecule has 1 saturated heterocycles. The molecule has 1 aromatic carbocycles. The average molecular weight is 329 g/mol. The van der Waals surface area contributed by atoms with Crippen LogP contribution in [0.15, 0.2) is 18.2 Å². The molecule has 132 valence electrons. The Kier molecular flexibility index (Phi) is 4.97. The minimum atomic E-state index is -0.336. The Bertz CT molecular complexity index is 599. The standard InChI is InChI=1S/C20H31N3O/c1-15-13-17-14-16(7-10-22-11-8-21-9-12-22)5-6-18(17)23(15)19(24)20(2,3)4/h5-6,14-15,21H,7-13H2,1-4H3. The molecule has 1 fully saturated rings. The minimum Gasteiger partial charge on any atom is -0.314 e. The highest BCUT2D eigenvalue weighted by atomic mass is 16.2. The van der Waals surface area contributed by atoms with Gasteiger partial charge in [0.2, 0.25) is 5.91 Å². The lowest BCUT2D eigenvalue weighted by Crippen LogP contribution is -2.44. The maximum atomic E-state index is 12.8. The molecule has 0 bridgehead atoms. The molecule has 1 N–H and O–H groups in total. The summed E-state index contributed by atoms with van der Waals surface area (Å²) in [4.78, 5) is 17.3.